The molecule has 0 aliphatic carbocycles. The Kier molecular flexibility index (Phi) is 9.84. The summed E-state index contributed by atoms with van der Waals surface area (Å²) < 4.78 is 54.3. The number of amides is 2. The second-order valence-corrected chi connectivity index (χ2v) is 10.8. The van der Waals surface area contributed by atoms with E-state index >= 15 is 0 Å². The number of carbonyl (C=O) groups is 3. The number of alkyl halides is 3. The second-order valence-electron chi connectivity index (χ2n) is 10.8. The van der Waals surface area contributed by atoms with Gasteiger partial charge in [0.2, 0.25) is 5.91 Å². The van der Waals surface area contributed by atoms with Gasteiger partial charge >= 0.3 is 12.3 Å². The Morgan fingerprint density at radius 3 is 2.53 bits per heavy atom. The minimum absolute atomic E-state index is 0.0207. The van der Waals surface area contributed by atoms with Crippen molar-refractivity contribution < 1.29 is 37.0 Å². The number of halogens is 3. The van der Waals surface area contributed by atoms with Crippen molar-refractivity contribution in [3.63, 3.8) is 0 Å². The first-order valence-corrected chi connectivity index (χ1v) is 14.5. The predicted octanol–water partition coefficient (Wildman–Crippen LogP) is 2.40. The van der Waals surface area contributed by atoms with Crippen LogP contribution in [-0.4, -0.2) is 108 Å². The molecule has 0 saturated carbocycles. The minimum atomic E-state index is -4.77. The normalized spacial score (nSPS) is 19.2. The number of hydrogen-bond donors (Lipinski definition) is 2. The van der Waals surface area contributed by atoms with Crippen LogP contribution >= 0.6 is 0 Å². The van der Waals surface area contributed by atoms with Gasteiger partial charge in [-0.2, -0.15) is 13.2 Å². The van der Waals surface area contributed by atoms with Gasteiger partial charge in [0.05, 0.1) is 31.6 Å². The van der Waals surface area contributed by atoms with Crippen molar-refractivity contribution in [2.24, 2.45) is 5.10 Å². The standard InChI is InChI=1S/C29H35F3N8O5/c1-3-20(41)4-5-25(42)38-8-6-37(7-9-38)17-19-14-23-27(39-10-12-45-13-11-39)35-26(36-40(23)18-19)21-16-33-24(34-28(43)44-2)15-22(21)29(30,31)32/h3,14-16,18,27H,1,4-13,17H2,2H3,(H,35,36)(H,33,34,43). The summed E-state index contributed by atoms with van der Waals surface area (Å²) in [5.74, 6) is -0.552. The minimum Gasteiger partial charge on any atom is -0.453 e. The molecule has 16 heteroatoms. The Bertz CT molecular complexity index is 1460. The highest BCUT2D eigenvalue weighted by Crippen LogP contribution is 2.35. The molecule has 2 aromatic heterocycles. The van der Waals surface area contributed by atoms with Gasteiger partial charge in [-0.25, -0.2) is 14.5 Å². The lowest BCUT2D eigenvalue weighted by atomic mass is 10.1. The number of methoxy groups -OCH3 is 1. The molecule has 2 saturated heterocycles. The molecule has 5 rings (SSSR count). The lowest BCUT2D eigenvalue weighted by Crippen LogP contribution is -2.49. The largest absolute Gasteiger partial charge is 0.453 e. The van der Waals surface area contributed by atoms with E-state index in [1.54, 1.807) is 15.8 Å². The van der Waals surface area contributed by atoms with Gasteiger partial charge in [0.15, 0.2) is 11.6 Å². The van der Waals surface area contributed by atoms with Gasteiger partial charge in [0.1, 0.15) is 12.0 Å². The third kappa shape index (κ3) is 7.69. The van der Waals surface area contributed by atoms with E-state index in [0.29, 0.717) is 59.0 Å². The average molecular weight is 633 g/mol. The Hall–Kier alpha value is -4.28. The smallest absolute Gasteiger partial charge is 0.417 e. The number of piperazine rings is 1. The van der Waals surface area contributed by atoms with Gasteiger partial charge in [-0.05, 0) is 23.8 Å². The maximum Gasteiger partial charge on any atom is 0.417 e. The molecule has 2 fully saturated rings. The zero-order valence-corrected chi connectivity index (χ0v) is 24.8. The fourth-order valence-electron chi connectivity index (χ4n) is 5.49. The molecule has 0 bridgehead atoms. The van der Waals surface area contributed by atoms with Crippen LogP contribution in [0.4, 0.5) is 23.8 Å². The van der Waals surface area contributed by atoms with Crippen LogP contribution in [0.2, 0.25) is 0 Å². The first kappa shape index (κ1) is 32.1. The zero-order valence-electron chi connectivity index (χ0n) is 24.8. The summed E-state index contributed by atoms with van der Waals surface area (Å²) >= 11 is 0. The van der Waals surface area contributed by atoms with Crippen molar-refractivity contribution in [3.05, 3.63) is 59.6 Å². The summed E-state index contributed by atoms with van der Waals surface area (Å²) in [4.78, 5) is 45.6. The Morgan fingerprint density at radius 2 is 1.87 bits per heavy atom. The molecule has 45 heavy (non-hydrogen) atoms. The number of nitrogens with zero attached hydrogens (tertiary/aromatic N) is 6. The van der Waals surface area contributed by atoms with Crippen molar-refractivity contribution in [1.29, 1.82) is 0 Å². The number of carbonyl (C=O) groups excluding carboxylic acids is 3. The van der Waals surface area contributed by atoms with E-state index in [9.17, 15) is 27.6 Å². The topological polar surface area (TPSA) is 134 Å². The maximum absolute atomic E-state index is 14.2. The molecular formula is C29H35F3N8O5. The number of ketones is 1. The first-order valence-electron chi connectivity index (χ1n) is 14.5. The molecule has 13 nitrogen and oxygen atoms in total. The molecule has 242 valence electrons. The summed E-state index contributed by atoms with van der Waals surface area (Å²) in [6.07, 6.45) is -1.84. The Labute approximate surface area is 257 Å². The maximum atomic E-state index is 14.2. The Balaban J connectivity index is 1.37. The molecule has 3 aliphatic rings. The van der Waals surface area contributed by atoms with Crippen LogP contribution in [0.25, 0.3) is 0 Å². The summed E-state index contributed by atoms with van der Waals surface area (Å²) in [6.45, 7) is 8.40. The monoisotopic (exact) mass is 632 g/mol. The number of morpholine rings is 1. The third-order valence-electron chi connectivity index (χ3n) is 7.88. The highest BCUT2D eigenvalue weighted by atomic mass is 19.4. The number of hydrogen-bond acceptors (Lipinski definition) is 10. The quantitative estimate of drug-likeness (QED) is 0.400. The number of fused-ring (bicyclic) bond motifs is 1. The second kappa shape index (κ2) is 13.8. The van der Waals surface area contributed by atoms with E-state index in [2.05, 4.69) is 41.8 Å². The number of allylic oxidation sites excluding steroid dienone is 1. The molecular weight excluding hydrogens is 597 g/mol. The molecule has 0 radical (unpaired) electrons. The zero-order chi connectivity index (χ0) is 32.1. The van der Waals surface area contributed by atoms with Crippen molar-refractivity contribution in [3.8, 4) is 0 Å². The van der Waals surface area contributed by atoms with E-state index in [4.69, 9.17) is 4.74 Å². The van der Waals surface area contributed by atoms with Crippen LogP contribution in [-0.2, 0) is 31.8 Å². The number of aromatic nitrogens is 2. The fourth-order valence-corrected chi connectivity index (χ4v) is 5.49. The van der Waals surface area contributed by atoms with Crippen LogP contribution in [0.5, 0.6) is 0 Å². The van der Waals surface area contributed by atoms with Gasteiger partial charge < -0.3 is 19.7 Å². The van der Waals surface area contributed by atoms with E-state index in [1.165, 1.54) is 6.08 Å². The molecule has 0 spiro atoms. The molecule has 2 amide bonds. The SMILES string of the molecule is C=CC(=O)CCC(=O)N1CCN(Cc2cc3n(c2)N=C(c2cnc(NC(=O)OC)cc2C(F)(F)F)NC3N2CCOCC2)CC1. The van der Waals surface area contributed by atoms with Gasteiger partial charge in [-0.15, -0.1) is 5.10 Å². The number of pyridine rings is 1. The molecule has 1 atom stereocenters. The number of nitrogens with one attached hydrogen (secondary N) is 2. The van der Waals surface area contributed by atoms with Gasteiger partial charge in [-0.1, -0.05) is 6.58 Å². The molecule has 2 aromatic rings. The van der Waals surface area contributed by atoms with E-state index in [-0.39, 0.29) is 41.7 Å². The van der Waals surface area contributed by atoms with Crippen molar-refractivity contribution >= 4 is 29.4 Å². The lowest BCUT2D eigenvalue weighted by Gasteiger charge is -2.37. The fraction of sp³-hybridized carbons (Fsp3) is 0.483. The molecule has 5 heterocycles. The predicted molar refractivity (Wildman–Crippen MR) is 156 cm³/mol. The van der Waals surface area contributed by atoms with Crippen LogP contribution < -0.4 is 10.6 Å². The molecule has 2 N–H and O–H groups in total. The lowest BCUT2D eigenvalue weighted by molar-refractivity contribution is -0.137. The van der Waals surface area contributed by atoms with Crippen LogP contribution in [0, 0.1) is 0 Å². The highest BCUT2D eigenvalue weighted by molar-refractivity contribution is 6.01. The number of rotatable bonds is 9. The van der Waals surface area contributed by atoms with Gasteiger partial charge in [0.25, 0.3) is 0 Å². The summed E-state index contributed by atoms with van der Waals surface area (Å²) in [5, 5.41) is 9.91. The summed E-state index contributed by atoms with van der Waals surface area (Å²) in [7, 11) is 1.10. The number of amidine groups is 1. The van der Waals surface area contributed by atoms with Gasteiger partial charge in [-0.3, -0.25) is 24.7 Å². The van der Waals surface area contributed by atoms with Crippen LogP contribution in [0.3, 0.4) is 0 Å². The van der Waals surface area contributed by atoms with Crippen LogP contribution in [0.15, 0.2) is 42.3 Å². The first-order chi connectivity index (χ1) is 21.5. The third-order valence-corrected chi connectivity index (χ3v) is 7.88. The number of ether oxygens (including phenoxy) is 2. The summed E-state index contributed by atoms with van der Waals surface area (Å²) in [5.41, 5.74) is 0.390. The average Bonchev–Trinajstić information content (AvgIpc) is 3.45. The van der Waals surface area contributed by atoms with Crippen LogP contribution in [0.1, 0.15) is 41.4 Å². The van der Waals surface area contributed by atoms with Crippen molar-refractivity contribution in [1.82, 2.24) is 29.7 Å². The number of anilines is 1. The molecule has 3 aliphatic heterocycles. The van der Waals surface area contributed by atoms with Crippen molar-refractivity contribution in [2.45, 2.75) is 31.7 Å². The van der Waals surface area contributed by atoms with E-state index in [0.717, 1.165) is 30.6 Å². The highest BCUT2D eigenvalue weighted by Gasteiger charge is 2.38. The van der Waals surface area contributed by atoms with E-state index < -0.39 is 24.0 Å². The van der Waals surface area contributed by atoms with E-state index in [1.807, 2.05) is 6.07 Å². The van der Waals surface area contributed by atoms with Gasteiger partial charge in [0, 0.05) is 76.6 Å². The van der Waals surface area contributed by atoms with Crippen molar-refractivity contribution in [2.75, 3.05) is 64.9 Å². The molecule has 1 unspecified atom stereocenters. The molecule has 0 aromatic carbocycles. The Morgan fingerprint density at radius 1 is 1.13 bits per heavy atom. The summed E-state index contributed by atoms with van der Waals surface area (Å²) in [6, 6.07) is 2.73.